The highest BCUT2D eigenvalue weighted by atomic mass is 19.1. The zero-order valence-electron chi connectivity index (χ0n) is 10.9. The van der Waals surface area contributed by atoms with Gasteiger partial charge in [-0.25, -0.2) is 4.39 Å². The molecule has 0 unspecified atom stereocenters. The van der Waals surface area contributed by atoms with Gasteiger partial charge in [0.25, 0.3) is 0 Å². The van der Waals surface area contributed by atoms with E-state index in [0.717, 1.165) is 18.5 Å². The molecule has 1 aromatic carbocycles. The van der Waals surface area contributed by atoms with Crippen molar-refractivity contribution >= 4 is 0 Å². The van der Waals surface area contributed by atoms with Gasteiger partial charge in [-0.15, -0.1) is 0 Å². The van der Waals surface area contributed by atoms with Gasteiger partial charge in [0.15, 0.2) is 0 Å². The van der Waals surface area contributed by atoms with Gasteiger partial charge in [-0.2, -0.15) is 0 Å². The molecule has 1 fully saturated rings. The standard InChI is InChI=1S/C15H22FN/c1-12-9-14(16)6-5-13(12)10-15(11-17-2)7-3-4-8-15/h5-6,9,17H,3-4,7-8,10-11H2,1-2H3. The molecule has 0 heterocycles. The summed E-state index contributed by atoms with van der Waals surface area (Å²) < 4.78 is 13.1. The van der Waals surface area contributed by atoms with Crippen molar-refractivity contribution in [2.24, 2.45) is 5.41 Å². The monoisotopic (exact) mass is 235 g/mol. The molecule has 0 amide bonds. The average Bonchev–Trinajstić information content (AvgIpc) is 2.72. The van der Waals surface area contributed by atoms with Gasteiger partial charge in [0.05, 0.1) is 0 Å². The summed E-state index contributed by atoms with van der Waals surface area (Å²) in [6, 6.07) is 5.20. The summed E-state index contributed by atoms with van der Waals surface area (Å²) in [5.74, 6) is -0.125. The Kier molecular flexibility index (Phi) is 3.82. The van der Waals surface area contributed by atoms with Crippen LogP contribution in [0.1, 0.15) is 36.8 Å². The molecule has 94 valence electrons. The Labute approximate surface area is 103 Å². The summed E-state index contributed by atoms with van der Waals surface area (Å²) in [4.78, 5) is 0. The van der Waals surface area contributed by atoms with Crippen LogP contribution in [0.2, 0.25) is 0 Å². The SMILES string of the molecule is CNCC1(Cc2ccc(F)cc2C)CCCC1. The largest absolute Gasteiger partial charge is 0.319 e. The Morgan fingerprint density at radius 2 is 2.00 bits per heavy atom. The molecule has 1 saturated carbocycles. The van der Waals surface area contributed by atoms with E-state index < -0.39 is 0 Å². The van der Waals surface area contributed by atoms with Crippen LogP contribution in [0, 0.1) is 18.2 Å². The molecule has 1 N–H and O–H groups in total. The normalized spacial score (nSPS) is 18.5. The van der Waals surface area contributed by atoms with Crippen LogP contribution in [0.4, 0.5) is 4.39 Å². The third kappa shape index (κ3) is 2.86. The minimum Gasteiger partial charge on any atom is -0.319 e. The van der Waals surface area contributed by atoms with Crippen LogP contribution in [0.5, 0.6) is 0 Å². The molecule has 1 aliphatic rings. The van der Waals surface area contributed by atoms with E-state index >= 15 is 0 Å². The lowest BCUT2D eigenvalue weighted by atomic mass is 9.79. The highest BCUT2D eigenvalue weighted by Crippen LogP contribution is 2.40. The first-order valence-electron chi connectivity index (χ1n) is 6.55. The minimum atomic E-state index is -0.125. The Balaban J connectivity index is 2.17. The lowest BCUT2D eigenvalue weighted by molar-refractivity contribution is 0.285. The Morgan fingerprint density at radius 3 is 2.59 bits per heavy atom. The molecular formula is C15H22FN. The maximum absolute atomic E-state index is 13.1. The quantitative estimate of drug-likeness (QED) is 0.842. The van der Waals surface area contributed by atoms with Crippen LogP contribution in [0.15, 0.2) is 18.2 Å². The molecule has 0 saturated heterocycles. The highest BCUT2D eigenvalue weighted by molar-refractivity contribution is 5.28. The van der Waals surface area contributed by atoms with Crippen molar-refractivity contribution in [1.29, 1.82) is 0 Å². The predicted molar refractivity (Wildman–Crippen MR) is 69.7 cm³/mol. The fraction of sp³-hybridized carbons (Fsp3) is 0.600. The van der Waals surface area contributed by atoms with Crippen LogP contribution in [0.3, 0.4) is 0 Å². The first-order valence-corrected chi connectivity index (χ1v) is 6.55. The maximum atomic E-state index is 13.1. The van der Waals surface area contributed by atoms with Crippen LogP contribution in [-0.4, -0.2) is 13.6 Å². The molecule has 1 aromatic rings. The second-order valence-corrected chi connectivity index (χ2v) is 5.49. The number of rotatable bonds is 4. The van der Waals surface area contributed by atoms with Gasteiger partial charge < -0.3 is 5.32 Å². The zero-order valence-corrected chi connectivity index (χ0v) is 10.9. The van der Waals surface area contributed by atoms with Crippen molar-refractivity contribution in [3.8, 4) is 0 Å². The molecule has 1 aliphatic carbocycles. The van der Waals surface area contributed by atoms with Gasteiger partial charge in [0.2, 0.25) is 0 Å². The molecule has 0 aromatic heterocycles. The Hall–Kier alpha value is -0.890. The van der Waals surface area contributed by atoms with E-state index in [-0.39, 0.29) is 5.82 Å². The first kappa shape index (κ1) is 12.6. The lowest BCUT2D eigenvalue weighted by Gasteiger charge is -2.29. The molecular weight excluding hydrogens is 213 g/mol. The molecule has 17 heavy (non-hydrogen) atoms. The average molecular weight is 235 g/mol. The maximum Gasteiger partial charge on any atom is 0.123 e. The fourth-order valence-electron chi connectivity index (χ4n) is 3.18. The van der Waals surface area contributed by atoms with E-state index in [1.807, 2.05) is 20.0 Å². The van der Waals surface area contributed by atoms with Gasteiger partial charge in [0.1, 0.15) is 5.82 Å². The smallest absolute Gasteiger partial charge is 0.123 e. The summed E-state index contributed by atoms with van der Waals surface area (Å²) in [5.41, 5.74) is 2.80. The van der Waals surface area contributed by atoms with Crippen LogP contribution >= 0.6 is 0 Å². The number of benzene rings is 1. The third-order valence-electron chi connectivity index (χ3n) is 4.09. The Morgan fingerprint density at radius 1 is 1.29 bits per heavy atom. The summed E-state index contributed by atoms with van der Waals surface area (Å²) in [5, 5.41) is 3.33. The number of nitrogens with one attached hydrogen (secondary N) is 1. The molecule has 0 radical (unpaired) electrons. The van der Waals surface area contributed by atoms with Crippen molar-refractivity contribution in [3.63, 3.8) is 0 Å². The van der Waals surface area contributed by atoms with Crippen LogP contribution < -0.4 is 5.32 Å². The van der Waals surface area contributed by atoms with E-state index in [4.69, 9.17) is 0 Å². The van der Waals surface area contributed by atoms with E-state index in [1.165, 1.54) is 31.2 Å². The summed E-state index contributed by atoms with van der Waals surface area (Å²) in [6.45, 7) is 3.09. The number of hydrogen-bond acceptors (Lipinski definition) is 1. The molecule has 0 aliphatic heterocycles. The fourth-order valence-corrected chi connectivity index (χ4v) is 3.18. The second kappa shape index (κ2) is 5.18. The minimum absolute atomic E-state index is 0.125. The number of halogens is 1. The Bertz CT molecular complexity index is 381. The van der Waals surface area contributed by atoms with E-state index in [1.54, 1.807) is 12.1 Å². The molecule has 2 rings (SSSR count). The van der Waals surface area contributed by atoms with Gasteiger partial charge in [-0.1, -0.05) is 18.9 Å². The lowest BCUT2D eigenvalue weighted by Crippen LogP contribution is -2.32. The van der Waals surface area contributed by atoms with Gasteiger partial charge in [-0.05, 0) is 61.9 Å². The van der Waals surface area contributed by atoms with Crippen LogP contribution in [-0.2, 0) is 6.42 Å². The second-order valence-electron chi connectivity index (χ2n) is 5.49. The third-order valence-corrected chi connectivity index (χ3v) is 4.09. The summed E-state index contributed by atoms with van der Waals surface area (Å²) >= 11 is 0. The van der Waals surface area contributed by atoms with Gasteiger partial charge >= 0.3 is 0 Å². The summed E-state index contributed by atoms with van der Waals surface area (Å²) in [6.07, 6.45) is 6.35. The molecule has 1 nitrogen and oxygen atoms in total. The van der Waals surface area contributed by atoms with Crippen molar-refractivity contribution in [2.75, 3.05) is 13.6 Å². The van der Waals surface area contributed by atoms with Crippen molar-refractivity contribution in [1.82, 2.24) is 5.32 Å². The van der Waals surface area contributed by atoms with Crippen LogP contribution in [0.25, 0.3) is 0 Å². The topological polar surface area (TPSA) is 12.0 Å². The number of hydrogen-bond donors (Lipinski definition) is 1. The molecule has 2 heteroatoms. The molecule has 0 atom stereocenters. The highest BCUT2D eigenvalue weighted by Gasteiger charge is 2.33. The van der Waals surface area contributed by atoms with Gasteiger partial charge in [-0.3, -0.25) is 0 Å². The van der Waals surface area contributed by atoms with E-state index in [0.29, 0.717) is 5.41 Å². The van der Waals surface area contributed by atoms with E-state index in [2.05, 4.69) is 5.32 Å². The molecule has 0 bridgehead atoms. The van der Waals surface area contributed by atoms with E-state index in [9.17, 15) is 4.39 Å². The number of aryl methyl sites for hydroxylation is 1. The first-order chi connectivity index (χ1) is 8.15. The summed E-state index contributed by atoms with van der Waals surface area (Å²) in [7, 11) is 2.03. The van der Waals surface area contributed by atoms with Gasteiger partial charge in [0, 0.05) is 6.54 Å². The van der Waals surface area contributed by atoms with Crippen molar-refractivity contribution < 1.29 is 4.39 Å². The molecule has 0 spiro atoms. The predicted octanol–water partition coefficient (Wildman–Crippen LogP) is 3.46. The van der Waals surface area contributed by atoms with Crippen molar-refractivity contribution in [2.45, 2.75) is 39.0 Å². The van der Waals surface area contributed by atoms with Crippen molar-refractivity contribution in [3.05, 3.63) is 35.1 Å². The zero-order chi connectivity index (χ0) is 12.3.